The number of carbonyl (C=O) groups excluding carboxylic acids is 2. The average molecular weight is 608 g/mol. The van der Waals surface area contributed by atoms with Crippen LogP contribution in [0.15, 0.2) is 42.0 Å². The van der Waals surface area contributed by atoms with Gasteiger partial charge in [-0.1, -0.05) is 0 Å². The van der Waals surface area contributed by atoms with E-state index in [1.807, 2.05) is 6.07 Å². The topological polar surface area (TPSA) is 129 Å². The zero-order chi connectivity index (χ0) is 31.5. The summed E-state index contributed by atoms with van der Waals surface area (Å²) < 4.78 is 49.6. The number of methoxy groups -OCH3 is 7. The van der Waals surface area contributed by atoms with Gasteiger partial charge in [-0.15, -0.1) is 0 Å². The number of benzene rings is 3. The molecule has 0 aromatic heterocycles. The van der Waals surface area contributed by atoms with Gasteiger partial charge in [-0.05, 0) is 47.0 Å². The van der Waals surface area contributed by atoms with Gasteiger partial charge in [-0.2, -0.15) is 0 Å². The highest BCUT2D eigenvalue weighted by atomic mass is 16.7. The van der Waals surface area contributed by atoms with E-state index in [2.05, 4.69) is 5.32 Å². The van der Waals surface area contributed by atoms with Crippen molar-refractivity contribution < 1.29 is 52.2 Å². The number of fused-ring (bicyclic) bond motifs is 2. The molecule has 1 N–H and O–H groups in total. The number of nitrogens with one attached hydrogen (secondary N) is 1. The van der Waals surface area contributed by atoms with Crippen LogP contribution in [-0.4, -0.2) is 68.4 Å². The number of anilines is 1. The summed E-state index contributed by atoms with van der Waals surface area (Å²) in [6.45, 7) is 0.0473. The molecule has 2 atom stereocenters. The van der Waals surface area contributed by atoms with Crippen LogP contribution in [0, 0.1) is 5.92 Å². The highest BCUT2D eigenvalue weighted by molar-refractivity contribution is 6.11. The highest BCUT2D eigenvalue weighted by Crippen LogP contribution is 2.51. The Kier molecular flexibility index (Phi) is 8.61. The number of hydrogen-bond acceptors (Lipinski definition) is 11. The number of amides is 1. The minimum atomic E-state index is -1.09. The normalized spacial score (nSPS) is 16.2. The van der Waals surface area contributed by atoms with E-state index in [0.717, 1.165) is 0 Å². The Labute approximate surface area is 254 Å². The molecule has 0 unspecified atom stereocenters. The number of carbonyl (C=O) groups is 2. The molecule has 1 aliphatic carbocycles. The van der Waals surface area contributed by atoms with Gasteiger partial charge in [-0.3, -0.25) is 9.59 Å². The van der Waals surface area contributed by atoms with E-state index in [-0.39, 0.29) is 12.4 Å². The van der Waals surface area contributed by atoms with E-state index in [0.29, 0.717) is 68.4 Å². The van der Waals surface area contributed by atoms with E-state index >= 15 is 0 Å². The molecule has 1 amide bonds. The van der Waals surface area contributed by atoms with E-state index in [1.165, 1.54) is 49.8 Å². The van der Waals surface area contributed by atoms with Crippen molar-refractivity contribution in [3.8, 4) is 46.0 Å². The van der Waals surface area contributed by atoms with Gasteiger partial charge in [-0.25, -0.2) is 0 Å². The van der Waals surface area contributed by atoms with Gasteiger partial charge in [0.15, 0.2) is 34.5 Å². The quantitative estimate of drug-likeness (QED) is 0.329. The van der Waals surface area contributed by atoms with Gasteiger partial charge in [0, 0.05) is 29.3 Å². The molecular formula is C32H33NO11. The predicted octanol–water partition coefficient (Wildman–Crippen LogP) is 4.42. The molecule has 2 aliphatic rings. The van der Waals surface area contributed by atoms with E-state index in [1.54, 1.807) is 36.4 Å². The zero-order valence-corrected chi connectivity index (χ0v) is 25.4. The standard InChI is InChI=1S/C32H33NO11/c1-36-23-10-17(11-24(37-2)29(23)40-5)27-19-14-22-21(43-15-44-22)9-16(19)8-20(28(27)32(35)42-7)31(34)33-18-12-25(38-3)30(41-6)26(13-18)39-4/h8-14,27-28H,15H2,1-7H3,(H,33,34)/t27-,28-/m1/s1. The third-order valence-electron chi connectivity index (χ3n) is 7.58. The van der Waals surface area contributed by atoms with Crippen molar-refractivity contribution in [3.63, 3.8) is 0 Å². The van der Waals surface area contributed by atoms with Gasteiger partial charge in [0.25, 0.3) is 5.91 Å². The van der Waals surface area contributed by atoms with Crippen molar-refractivity contribution in [2.75, 3.05) is 61.9 Å². The maximum Gasteiger partial charge on any atom is 0.314 e. The molecule has 12 nitrogen and oxygen atoms in total. The molecule has 0 radical (unpaired) electrons. The lowest BCUT2D eigenvalue weighted by atomic mass is 9.71. The molecule has 44 heavy (non-hydrogen) atoms. The van der Waals surface area contributed by atoms with Crippen LogP contribution in [0.1, 0.15) is 22.6 Å². The largest absolute Gasteiger partial charge is 0.493 e. The third kappa shape index (κ3) is 5.23. The molecule has 0 saturated heterocycles. The highest BCUT2D eigenvalue weighted by Gasteiger charge is 2.43. The summed E-state index contributed by atoms with van der Waals surface area (Å²) in [5.74, 6) is 0.244. The molecule has 0 bridgehead atoms. The Morgan fingerprint density at radius 3 is 1.73 bits per heavy atom. The van der Waals surface area contributed by atoms with Crippen molar-refractivity contribution in [1.29, 1.82) is 0 Å². The van der Waals surface area contributed by atoms with Gasteiger partial charge < -0.3 is 47.9 Å². The van der Waals surface area contributed by atoms with Crippen LogP contribution in [0.2, 0.25) is 0 Å². The van der Waals surface area contributed by atoms with Crippen molar-refractivity contribution in [3.05, 3.63) is 58.7 Å². The van der Waals surface area contributed by atoms with Crippen LogP contribution in [0.25, 0.3) is 6.08 Å². The Hall–Kier alpha value is -5.26. The van der Waals surface area contributed by atoms with Gasteiger partial charge >= 0.3 is 5.97 Å². The van der Waals surface area contributed by atoms with Crippen LogP contribution >= 0.6 is 0 Å². The van der Waals surface area contributed by atoms with E-state index < -0.39 is 23.7 Å². The minimum absolute atomic E-state index is 0.0473. The van der Waals surface area contributed by atoms with E-state index in [4.69, 9.17) is 42.6 Å². The second-order valence-corrected chi connectivity index (χ2v) is 9.74. The molecule has 3 aromatic carbocycles. The summed E-state index contributed by atoms with van der Waals surface area (Å²) >= 11 is 0. The second-order valence-electron chi connectivity index (χ2n) is 9.74. The Morgan fingerprint density at radius 2 is 1.23 bits per heavy atom. The molecule has 5 rings (SSSR count). The summed E-state index contributed by atoms with van der Waals surface area (Å²) in [7, 11) is 10.2. The molecule has 232 valence electrons. The van der Waals surface area contributed by atoms with Crippen molar-refractivity contribution in [2.45, 2.75) is 5.92 Å². The maximum absolute atomic E-state index is 14.1. The first kappa shape index (κ1) is 30.2. The lowest BCUT2D eigenvalue weighted by Crippen LogP contribution is -2.34. The smallest absolute Gasteiger partial charge is 0.314 e. The third-order valence-corrected chi connectivity index (χ3v) is 7.58. The first-order chi connectivity index (χ1) is 21.3. The summed E-state index contributed by atoms with van der Waals surface area (Å²) in [5, 5.41) is 2.88. The first-order valence-electron chi connectivity index (χ1n) is 13.5. The summed E-state index contributed by atoms with van der Waals surface area (Å²) in [6.07, 6.45) is 1.65. The summed E-state index contributed by atoms with van der Waals surface area (Å²) in [4.78, 5) is 27.7. The number of esters is 1. The molecular weight excluding hydrogens is 574 g/mol. The first-order valence-corrected chi connectivity index (χ1v) is 13.5. The predicted molar refractivity (Wildman–Crippen MR) is 159 cm³/mol. The molecule has 1 aliphatic heterocycles. The fourth-order valence-electron chi connectivity index (χ4n) is 5.59. The van der Waals surface area contributed by atoms with Crippen LogP contribution in [0.5, 0.6) is 46.0 Å². The minimum Gasteiger partial charge on any atom is -0.493 e. The number of hydrogen-bond donors (Lipinski definition) is 1. The number of rotatable bonds is 10. The van der Waals surface area contributed by atoms with Crippen LogP contribution in [-0.2, 0) is 14.3 Å². The Morgan fingerprint density at radius 1 is 0.705 bits per heavy atom. The fraction of sp³-hybridized carbons (Fsp3) is 0.312. The average Bonchev–Trinajstić information content (AvgIpc) is 3.51. The zero-order valence-electron chi connectivity index (χ0n) is 25.4. The summed E-state index contributed by atoms with van der Waals surface area (Å²) in [6, 6.07) is 10.3. The number of ether oxygens (including phenoxy) is 9. The van der Waals surface area contributed by atoms with Crippen molar-refractivity contribution in [2.24, 2.45) is 5.92 Å². The fourth-order valence-corrected chi connectivity index (χ4v) is 5.59. The maximum atomic E-state index is 14.1. The molecule has 0 spiro atoms. The van der Waals surface area contributed by atoms with Crippen LogP contribution in [0.4, 0.5) is 5.69 Å². The van der Waals surface area contributed by atoms with Gasteiger partial charge in [0.2, 0.25) is 18.3 Å². The van der Waals surface area contributed by atoms with Crippen LogP contribution < -0.4 is 43.2 Å². The van der Waals surface area contributed by atoms with Crippen molar-refractivity contribution in [1.82, 2.24) is 0 Å². The second kappa shape index (κ2) is 12.5. The molecule has 0 saturated carbocycles. The molecule has 3 aromatic rings. The lowest BCUT2D eigenvalue weighted by molar-refractivity contribution is -0.145. The van der Waals surface area contributed by atoms with E-state index in [9.17, 15) is 9.59 Å². The van der Waals surface area contributed by atoms with Crippen molar-refractivity contribution >= 4 is 23.6 Å². The SMILES string of the molecule is COC(=O)[C@@H]1C(C(=O)Nc2cc(OC)c(OC)c(OC)c2)=Cc2cc3c(cc2[C@H]1c1cc(OC)c(OC)c(OC)c1)OCO3. The lowest BCUT2D eigenvalue weighted by Gasteiger charge is -2.33. The van der Waals surface area contributed by atoms with Gasteiger partial charge in [0.05, 0.1) is 55.7 Å². The molecule has 1 heterocycles. The van der Waals surface area contributed by atoms with Gasteiger partial charge in [0.1, 0.15) is 0 Å². The summed E-state index contributed by atoms with van der Waals surface area (Å²) in [5.41, 5.74) is 2.48. The van der Waals surface area contributed by atoms with Crippen LogP contribution in [0.3, 0.4) is 0 Å². The Bertz CT molecular complexity index is 1580. The molecule has 12 heteroatoms. The monoisotopic (exact) mass is 607 g/mol. The molecule has 0 fully saturated rings. The Balaban J connectivity index is 1.69.